The summed E-state index contributed by atoms with van der Waals surface area (Å²) in [7, 11) is 3.18. The van der Waals surface area contributed by atoms with Crippen LogP contribution in [0.25, 0.3) is 0 Å². The molecule has 9 nitrogen and oxygen atoms in total. The highest BCUT2D eigenvalue weighted by Gasteiger charge is 2.20. The van der Waals surface area contributed by atoms with Gasteiger partial charge in [-0.05, 0) is 24.3 Å². The van der Waals surface area contributed by atoms with Crippen LogP contribution in [0, 0.1) is 0 Å². The van der Waals surface area contributed by atoms with Gasteiger partial charge in [-0.25, -0.2) is 4.79 Å². The molecule has 29 heavy (non-hydrogen) atoms. The fraction of sp³-hybridized carbons (Fsp3) is 0.200. The highest BCUT2D eigenvalue weighted by Crippen LogP contribution is 2.19. The molecular formula is C20H20N4O5. The Bertz CT molecular complexity index is 1010. The number of nitrogens with one attached hydrogen (secondary N) is 1. The summed E-state index contributed by atoms with van der Waals surface area (Å²) in [4.78, 5) is 38.3. The van der Waals surface area contributed by atoms with E-state index < -0.39 is 18.5 Å². The van der Waals surface area contributed by atoms with Crippen LogP contribution in [0.1, 0.15) is 26.5 Å². The number of nitrogens with zero attached hydrogens (tertiary/aromatic N) is 3. The molecule has 0 saturated heterocycles. The Balaban J connectivity index is 1.63. The van der Waals surface area contributed by atoms with Crippen LogP contribution in [0.3, 0.4) is 0 Å². The van der Waals surface area contributed by atoms with Gasteiger partial charge in [-0.15, -0.1) is 0 Å². The first kappa shape index (κ1) is 19.9. The maximum atomic E-state index is 12.6. The van der Waals surface area contributed by atoms with Crippen molar-refractivity contribution in [1.29, 1.82) is 0 Å². The fourth-order valence-corrected chi connectivity index (χ4v) is 2.60. The molecule has 0 radical (unpaired) electrons. The monoisotopic (exact) mass is 396 g/mol. The van der Waals surface area contributed by atoms with Gasteiger partial charge >= 0.3 is 5.97 Å². The molecule has 0 fully saturated rings. The van der Waals surface area contributed by atoms with Gasteiger partial charge in [-0.1, -0.05) is 12.1 Å². The van der Waals surface area contributed by atoms with Crippen LogP contribution in [-0.4, -0.2) is 41.2 Å². The Morgan fingerprint density at radius 2 is 2.00 bits per heavy atom. The molecule has 0 aliphatic carbocycles. The van der Waals surface area contributed by atoms with E-state index in [1.165, 1.54) is 35.3 Å². The van der Waals surface area contributed by atoms with E-state index in [0.29, 0.717) is 17.0 Å². The number of likely N-dealkylation sites (N-methyl/N-ethyl adjacent to an activating group) is 1. The molecule has 0 bridgehead atoms. The van der Waals surface area contributed by atoms with Crippen LogP contribution >= 0.6 is 0 Å². The topological polar surface area (TPSA) is 107 Å². The highest BCUT2D eigenvalue weighted by atomic mass is 16.5. The molecule has 150 valence electrons. The zero-order chi connectivity index (χ0) is 20.8. The number of para-hydroxylation sites is 1. The van der Waals surface area contributed by atoms with Gasteiger partial charge in [0.1, 0.15) is 5.76 Å². The van der Waals surface area contributed by atoms with Gasteiger partial charge in [0.2, 0.25) is 0 Å². The van der Waals surface area contributed by atoms with Gasteiger partial charge in [0.05, 0.1) is 35.8 Å². The summed E-state index contributed by atoms with van der Waals surface area (Å²) in [6.45, 7) is -0.243. The molecule has 0 aliphatic heterocycles. The highest BCUT2D eigenvalue weighted by molar-refractivity contribution is 6.05. The summed E-state index contributed by atoms with van der Waals surface area (Å²) in [6, 6.07) is 10.1. The second kappa shape index (κ2) is 8.87. The molecule has 3 aromatic rings. The Hall–Kier alpha value is -3.88. The smallest absolute Gasteiger partial charge is 0.341 e. The molecule has 2 heterocycles. The molecule has 2 amide bonds. The van der Waals surface area contributed by atoms with Gasteiger partial charge in [0.25, 0.3) is 11.8 Å². The lowest BCUT2D eigenvalue weighted by molar-refractivity contribution is -0.121. The van der Waals surface area contributed by atoms with Crippen LogP contribution in [0.5, 0.6) is 0 Å². The fourth-order valence-electron chi connectivity index (χ4n) is 2.60. The third-order valence-corrected chi connectivity index (χ3v) is 4.15. The van der Waals surface area contributed by atoms with Crippen molar-refractivity contribution in [3.05, 3.63) is 71.9 Å². The maximum absolute atomic E-state index is 12.6. The van der Waals surface area contributed by atoms with E-state index in [9.17, 15) is 14.4 Å². The van der Waals surface area contributed by atoms with Crippen molar-refractivity contribution in [3.63, 3.8) is 0 Å². The lowest BCUT2D eigenvalue weighted by atomic mass is 10.1. The normalized spacial score (nSPS) is 10.4. The van der Waals surface area contributed by atoms with E-state index in [1.54, 1.807) is 43.4 Å². The molecule has 0 spiro atoms. The number of carbonyl (C=O) groups is 3. The van der Waals surface area contributed by atoms with Crippen molar-refractivity contribution in [2.24, 2.45) is 7.05 Å². The quantitative estimate of drug-likeness (QED) is 0.610. The van der Waals surface area contributed by atoms with Crippen molar-refractivity contribution in [2.75, 3.05) is 18.6 Å². The molecule has 2 aromatic heterocycles. The molecular weight excluding hydrogens is 376 g/mol. The molecule has 0 unspecified atom stereocenters. The molecule has 0 aliphatic rings. The molecule has 0 saturated carbocycles. The Labute approximate surface area is 166 Å². The van der Waals surface area contributed by atoms with Crippen molar-refractivity contribution >= 4 is 23.5 Å². The third-order valence-electron chi connectivity index (χ3n) is 4.15. The number of benzene rings is 1. The van der Waals surface area contributed by atoms with Crippen molar-refractivity contribution in [1.82, 2.24) is 15.1 Å². The van der Waals surface area contributed by atoms with E-state index in [0.717, 1.165) is 0 Å². The number of carbonyl (C=O) groups excluding carboxylic acids is 3. The molecule has 3 rings (SSSR count). The number of aryl methyl sites for hydroxylation is 1. The number of esters is 1. The predicted molar refractivity (Wildman–Crippen MR) is 103 cm³/mol. The lowest BCUT2D eigenvalue weighted by Crippen LogP contribution is -2.33. The van der Waals surface area contributed by atoms with E-state index in [1.807, 2.05) is 0 Å². The summed E-state index contributed by atoms with van der Waals surface area (Å²) >= 11 is 0. The van der Waals surface area contributed by atoms with E-state index in [4.69, 9.17) is 9.15 Å². The van der Waals surface area contributed by atoms with E-state index >= 15 is 0 Å². The first-order chi connectivity index (χ1) is 14.0. The zero-order valence-corrected chi connectivity index (χ0v) is 16.0. The van der Waals surface area contributed by atoms with Crippen LogP contribution in [-0.2, 0) is 23.1 Å². The molecule has 1 N–H and O–H groups in total. The van der Waals surface area contributed by atoms with Crippen molar-refractivity contribution < 1.29 is 23.5 Å². The summed E-state index contributed by atoms with van der Waals surface area (Å²) < 4.78 is 11.7. The number of furan rings is 1. The first-order valence-corrected chi connectivity index (χ1v) is 8.77. The maximum Gasteiger partial charge on any atom is 0.341 e. The van der Waals surface area contributed by atoms with Gasteiger partial charge in [-0.2, -0.15) is 5.10 Å². The number of amides is 2. The number of aromatic nitrogens is 2. The minimum Gasteiger partial charge on any atom is -0.467 e. The third kappa shape index (κ3) is 4.89. The Kier molecular flexibility index (Phi) is 6.08. The minimum absolute atomic E-state index is 0.223. The van der Waals surface area contributed by atoms with Gasteiger partial charge in [0, 0.05) is 20.3 Å². The minimum atomic E-state index is -0.649. The van der Waals surface area contributed by atoms with Crippen LogP contribution in [0.4, 0.5) is 5.69 Å². The van der Waals surface area contributed by atoms with Gasteiger partial charge in [0.15, 0.2) is 6.61 Å². The first-order valence-electron chi connectivity index (χ1n) is 8.77. The van der Waals surface area contributed by atoms with Gasteiger partial charge in [-0.3, -0.25) is 14.3 Å². The number of hydrogen-bond donors (Lipinski definition) is 1. The van der Waals surface area contributed by atoms with Crippen LogP contribution in [0.15, 0.2) is 59.5 Å². The van der Waals surface area contributed by atoms with Crippen molar-refractivity contribution in [3.8, 4) is 0 Å². The summed E-state index contributed by atoms with van der Waals surface area (Å²) in [5.74, 6) is -0.871. The summed E-state index contributed by atoms with van der Waals surface area (Å²) in [5.41, 5.74) is 0.959. The number of ether oxygens (including phenoxy) is 1. The van der Waals surface area contributed by atoms with E-state index in [-0.39, 0.29) is 18.0 Å². The van der Waals surface area contributed by atoms with E-state index in [2.05, 4.69) is 10.4 Å². The second-order valence-corrected chi connectivity index (χ2v) is 6.21. The van der Waals surface area contributed by atoms with Crippen LogP contribution < -0.4 is 10.2 Å². The summed E-state index contributed by atoms with van der Waals surface area (Å²) in [6.07, 6.45) is 4.37. The second-order valence-electron chi connectivity index (χ2n) is 6.21. The SMILES string of the molecule is CN(C(=O)COC(=O)c1cnn(C)c1)c1ccccc1C(=O)NCc1ccco1. The van der Waals surface area contributed by atoms with Crippen molar-refractivity contribution in [2.45, 2.75) is 6.54 Å². The zero-order valence-electron chi connectivity index (χ0n) is 16.0. The largest absolute Gasteiger partial charge is 0.467 e. The van der Waals surface area contributed by atoms with Crippen LogP contribution in [0.2, 0.25) is 0 Å². The molecule has 9 heteroatoms. The average molecular weight is 396 g/mol. The van der Waals surface area contributed by atoms with Gasteiger partial charge < -0.3 is 19.4 Å². The summed E-state index contributed by atoms with van der Waals surface area (Å²) in [5, 5.41) is 6.63. The Morgan fingerprint density at radius 1 is 1.21 bits per heavy atom. The predicted octanol–water partition coefficient (Wildman–Crippen LogP) is 1.76. The number of hydrogen-bond acceptors (Lipinski definition) is 6. The Morgan fingerprint density at radius 3 is 2.69 bits per heavy atom. The number of rotatable bonds is 7. The molecule has 1 aromatic carbocycles. The number of anilines is 1. The standard InChI is InChI=1S/C20H20N4O5/c1-23-12-14(10-22-23)20(27)29-13-18(25)24(2)17-8-4-3-7-16(17)19(26)21-11-15-6-5-9-28-15/h3-10,12H,11,13H2,1-2H3,(H,21,26). The molecule has 0 atom stereocenters. The average Bonchev–Trinajstić information content (AvgIpc) is 3.41. The lowest BCUT2D eigenvalue weighted by Gasteiger charge is -2.20.